The molecule has 1 atom stereocenters. The molecular weight excluding hydrogens is 242 g/mol. The Morgan fingerprint density at radius 3 is 2.68 bits per heavy atom. The Balaban J connectivity index is 2.46. The van der Waals surface area contributed by atoms with Crippen molar-refractivity contribution in [3.05, 3.63) is 11.6 Å². The molecule has 1 amide bonds. The lowest BCUT2D eigenvalue weighted by molar-refractivity contribution is -0.146. The molecule has 0 aromatic carbocycles. The number of methoxy groups -OCH3 is 1. The summed E-state index contributed by atoms with van der Waals surface area (Å²) in [6, 6.07) is 0. The number of esters is 1. The van der Waals surface area contributed by atoms with E-state index in [0.29, 0.717) is 13.1 Å². The number of hydrogen-bond donors (Lipinski definition) is 0. The lowest BCUT2D eigenvalue weighted by Gasteiger charge is -2.25. The molecule has 0 N–H and O–H groups in total. The first-order chi connectivity index (χ1) is 9.04. The van der Waals surface area contributed by atoms with E-state index in [1.807, 2.05) is 0 Å². The van der Waals surface area contributed by atoms with E-state index in [4.69, 9.17) is 4.74 Å². The predicted octanol–water partition coefficient (Wildman–Crippen LogP) is 2.53. The quantitative estimate of drug-likeness (QED) is 0.549. The Morgan fingerprint density at radius 1 is 1.42 bits per heavy atom. The minimum absolute atomic E-state index is 0.0205. The molecule has 0 aromatic heterocycles. The number of carbonyl (C=O) groups excluding carboxylic acids is 2. The fourth-order valence-electron chi connectivity index (χ4n) is 2.39. The molecule has 0 aliphatic heterocycles. The average molecular weight is 267 g/mol. The zero-order chi connectivity index (χ0) is 14.3. The summed E-state index contributed by atoms with van der Waals surface area (Å²) in [7, 11) is 1.38. The molecule has 4 heteroatoms. The van der Waals surface area contributed by atoms with Gasteiger partial charge >= 0.3 is 5.97 Å². The van der Waals surface area contributed by atoms with Crippen molar-refractivity contribution in [2.24, 2.45) is 5.92 Å². The number of amides is 1. The molecule has 0 spiro atoms. The summed E-state index contributed by atoms with van der Waals surface area (Å²) >= 11 is 0. The van der Waals surface area contributed by atoms with E-state index in [0.717, 1.165) is 19.3 Å². The fourth-order valence-corrected chi connectivity index (χ4v) is 2.39. The van der Waals surface area contributed by atoms with Crippen LogP contribution in [0.1, 0.15) is 46.0 Å². The first kappa shape index (κ1) is 15.7. The van der Waals surface area contributed by atoms with Gasteiger partial charge in [-0.1, -0.05) is 18.6 Å². The van der Waals surface area contributed by atoms with Crippen molar-refractivity contribution < 1.29 is 14.3 Å². The molecule has 0 bridgehead atoms. The van der Waals surface area contributed by atoms with Gasteiger partial charge in [0.1, 0.15) is 0 Å². The van der Waals surface area contributed by atoms with Crippen LogP contribution in [0.25, 0.3) is 0 Å². The second-order valence-electron chi connectivity index (χ2n) is 5.25. The van der Waals surface area contributed by atoms with E-state index < -0.39 is 0 Å². The Bertz CT molecular complexity index is 349. The summed E-state index contributed by atoms with van der Waals surface area (Å²) in [4.78, 5) is 24.8. The maximum atomic E-state index is 11.6. The number of hydrogen-bond acceptors (Lipinski definition) is 3. The minimum Gasteiger partial charge on any atom is -0.469 e. The van der Waals surface area contributed by atoms with Crippen LogP contribution in [0.2, 0.25) is 0 Å². The highest BCUT2D eigenvalue weighted by Crippen LogP contribution is 2.20. The first-order valence-corrected chi connectivity index (χ1v) is 7.05. The van der Waals surface area contributed by atoms with Gasteiger partial charge in [-0.3, -0.25) is 9.59 Å². The monoisotopic (exact) mass is 267 g/mol. The van der Waals surface area contributed by atoms with E-state index in [2.05, 4.69) is 6.08 Å². The molecule has 108 valence electrons. The average Bonchev–Trinajstić information content (AvgIpc) is 2.42. The third-order valence-electron chi connectivity index (χ3n) is 3.63. The normalized spacial score (nSPS) is 16.5. The maximum absolute atomic E-state index is 11.6. The molecule has 1 aliphatic rings. The van der Waals surface area contributed by atoms with Crippen LogP contribution in [0.15, 0.2) is 11.6 Å². The van der Waals surface area contributed by atoms with Crippen molar-refractivity contribution in [1.29, 1.82) is 0 Å². The van der Waals surface area contributed by atoms with Crippen LogP contribution in [0, 0.1) is 5.92 Å². The van der Waals surface area contributed by atoms with Crippen molar-refractivity contribution in [2.45, 2.75) is 46.0 Å². The molecule has 1 rings (SSSR count). The van der Waals surface area contributed by atoms with E-state index >= 15 is 0 Å². The second-order valence-corrected chi connectivity index (χ2v) is 5.25. The van der Waals surface area contributed by atoms with Gasteiger partial charge in [-0.2, -0.15) is 0 Å². The summed E-state index contributed by atoms with van der Waals surface area (Å²) in [5.41, 5.74) is 1.45. The van der Waals surface area contributed by atoms with Crippen molar-refractivity contribution in [2.75, 3.05) is 20.2 Å². The summed E-state index contributed by atoms with van der Waals surface area (Å²) in [6.45, 7) is 4.48. The standard InChI is InChI=1S/C15H25NO3/c1-12(15(18)19-3)11-16(13(2)17)10-9-14-7-5-4-6-8-14/h7,12H,4-6,8-11H2,1-3H3. The highest BCUT2D eigenvalue weighted by atomic mass is 16.5. The lowest BCUT2D eigenvalue weighted by Crippen LogP contribution is -2.36. The molecule has 1 aliphatic carbocycles. The van der Waals surface area contributed by atoms with Crippen LogP contribution < -0.4 is 0 Å². The molecule has 0 radical (unpaired) electrons. The van der Waals surface area contributed by atoms with Gasteiger partial charge in [-0.15, -0.1) is 0 Å². The van der Waals surface area contributed by atoms with Gasteiger partial charge in [-0.05, 0) is 32.1 Å². The Kier molecular flexibility index (Phi) is 6.60. The van der Waals surface area contributed by atoms with Crippen LogP contribution in [-0.4, -0.2) is 37.0 Å². The number of nitrogens with zero attached hydrogens (tertiary/aromatic N) is 1. The highest BCUT2D eigenvalue weighted by Gasteiger charge is 2.19. The third-order valence-corrected chi connectivity index (χ3v) is 3.63. The number of carbonyl (C=O) groups is 2. The largest absolute Gasteiger partial charge is 0.469 e. The van der Waals surface area contributed by atoms with Crippen LogP contribution in [-0.2, 0) is 14.3 Å². The van der Waals surface area contributed by atoms with Gasteiger partial charge in [0, 0.05) is 20.0 Å². The van der Waals surface area contributed by atoms with E-state index in [-0.39, 0.29) is 17.8 Å². The third kappa shape index (κ3) is 5.45. The van der Waals surface area contributed by atoms with Crippen LogP contribution in [0.5, 0.6) is 0 Å². The minimum atomic E-state index is -0.269. The zero-order valence-corrected chi connectivity index (χ0v) is 12.3. The van der Waals surface area contributed by atoms with Gasteiger partial charge in [0.15, 0.2) is 0 Å². The van der Waals surface area contributed by atoms with E-state index in [1.54, 1.807) is 18.7 Å². The summed E-state index contributed by atoms with van der Waals surface area (Å²) in [6.07, 6.45) is 8.06. The van der Waals surface area contributed by atoms with E-state index in [1.165, 1.54) is 25.5 Å². The topological polar surface area (TPSA) is 46.6 Å². The number of ether oxygens (including phenoxy) is 1. The van der Waals surface area contributed by atoms with Gasteiger partial charge in [0.2, 0.25) is 5.91 Å². The molecule has 0 saturated carbocycles. The molecule has 0 heterocycles. The van der Waals surface area contributed by atoms with Gasteiger partial charge in [0.05, 0.1) is 13.0 Å². The summed E-state index contributed by atoms with van der Waals surface area (Å²) in [5.74, 6) is -0.510. The molecule has 1 unspecified atom stereocenters. The molecule has 0 saturated heterocycles. The van der Waals surface area contributed by atoms with E-state index in [9.17, 15) is 9.59 Å². The zero-order valence-electron chi connectivity index (χ0n) is 12.3. The SMILES string of the molecule is COC(=O)C(C)CN(CCC1=CCCCC1)C(C)=O. The first-order valence-electron chi connectivity index (χ1n) is 7.05. The second kappa shape index (κ2) is 7.97. The van der Waals surface area contributed by atoms with Gasteiger partial charge < -0.3 is 9.64 Å². The molecular formula is C15H25NO3. The van der Waals surface area contributed by atoms with Crippen molar-refractivity contribution in [3.8, 4) is 0 Å². The Morgan fingerprint density at radius 2 is 2.16 bits per heavy atom. The molecule has 0 aromatic rings. The molecule has 19 heavy (non-hydrogen) atoms. The van der Waals surface area contributed by atoms with Crippen molar-refractivity contribution >= 4 is 11.9 Å². The summed E-state index contributed by atoms with van der Waals surface area (Å²) in [5, 5.41) is 0. The maximum Gasteiger partial charge on any atom is 0.310 e. The number of rotatable bonds is 6. The van der Waals surface area contributed by atoms with Crippen LogP contribution >= 0.6 is 0 Å². The van der Waals surface area contributed by atoms with Gasteiger partial charge in [0.25, 0.3) is 0 Å². The fraction of sp³-hybridized carbons (Fsp3) is 0.733. The Labute approximate surface area is 115 Å². The number of allylic oxidation sites excluding steroid dienone is 1. The highest BCUT2D eigenvalue weighted by molar-refractivity contribution is 5.76. The molecule has 4 nitrogen and oxygen atoms in total. The smallest absolute Gasteiger partial charge is 0.310 e. The predicted molar refractivity (Wildman–Crippen MR) is 74.6 cm³/mol. The van der Waals surface area contributed by atoms with Crippen molar-refractivity contribution in [1.82, 2.24) is 4.90 Å². The van der Waals surface area contributed by atoms with Gasteiger partial charge in [-0.25, -0.2) is 0 Å². The van der Waals surface area contributed by atoms with Crippen LogP contribution in [0.3, 0.4) is 0 Å². The Hall–Kier alpha value is -1.32. The van der Waals surface area contributed by atoms with Crippen molar-refractivity contribution in [3.63, 3.8) is 0 Å². The van der Waals surface area contributed by atoms with Crippen LogP contribution in [0.4, 0.5) is 0 Å². The lowest BCUT2D eigenvalue weighted by atomic mass is 9.97. The summed E-state index contributed by atoms with van der Waals surface area (Å²) < 4.78 is 4.70. The molecule has 0 fully saturated rings.